The van der Waals surface area contributed by atoms with Crippen molar-refractivity contribution in [3.63, 3.8) is 0 Å². The van der Waals surface area contributed by atoms with Crippen molar-refractivity contribution < 1.29 is 8.42 Å². The Kier molecular flexibility index (Phi) is 4.19. The summed E-state index contributed by atoms with van der Waals surface area (Å²) >= 11 is 0. The minimum absolute atomic E-state index is 0.304. The minimum atomic E-state index is -3.38. The molecule has 1 aliphatic carbocycles. The van der Waals surface area contributed by atoms with E-state index in [0.29, 0.717) is 23.9 Å². The Morgan fingerprint density at radius 1 is 0.917 bits per heavy atom. The molecule has 126 valence electrons. The van der Waals surface area contributed by atoms with Crippen LogP contribution in [0.1, 0.15) is 41.9 Å². The van der Waals surface area contributed by atoms with Crippen LogP contribution in [0.3, 0.4) is 0 Å². The van der Waals surface area contributed by atoms with Crippen molar-refractivity contribution in [1.82, 2.24) is 4.31 Å². The highest BCUT2D eigenvalue weighted by molar-refractivity contribution is 7.89. The van der Waals surface area contributed by atoms with Crippen molar-refractivity contribution in [1.29, 1.82) is 0 Å². The topological polar surface area (TPSA) is 37.4 Å². The molecule has 1 aliphatic heterocycles. The van der Waals surface area contributed by atoms with Gasteiger partial charge in [-0.2, -0.15) is 4.31 Å². The number of rotatable bonds is 3. The molecule has 0 spiro atoms. The van der Waals surface area contributed by atoms with Crippen LogP contribution in [0.2, 0.25) is 0 Å². The van der Waals surface area contributed by atoms with Gasteiger partial charge in [0.05, 0.1) is 4.90 Å². The molecule has 1 saturated heterocycles. The zero-order valence-corrected chi connectivity index (χ0v) is 14.6. The summed E-state index contributed by atoms with van der Waals surface area (Å²) in [7, 11) is -3.38. The Morgan fingerprint density at radius 3 is 2.46 bits per heavy atom. The maximum absolute atomic E-state index is 13.0. The van der Waals surface area contributed by atoms with Gasteiger partial charge in [0.25, 0.3) is 0 Å². The Bertz CT molecular complexity index is 830. The molecule has 1 unspecified atom stereocenters. The van der Waals surface area contributed by atoms with E-state index in [0.717, 1.165) is 25.7 Å². The maximum Gasteiger partial charge on any atom is 0.243 e. The van der Waals surface area contributed by atoms with E-state index in [-0.39, 0.29) is 0 Å². The summed E-state index contributed by atoms with van der Waals surface area (Å²) < 4.78 is 27.7. The van der Waals surface area contributed by atoms with Gasteiger partial charge < -0.3 is 0 Å². The largest absolute Gasteiger partial charge is 0.243 e. The molecular weight excluding hydrogens is 318 g/mol. The first-order valence-electron chi connectivity index (χ1n) is 8.81. The first-order valence-corrected chi connectivity index (χ1v) is 10.3. The Labute approximate surface area is 144 Å². The second kappa shape index (κ2) is 6.34. The number of benzene rings is 2. The van der Waals surface area contributed by atoms with E-state index in [9.17, 15) is 8.42 Å². The molecule has 0 saturated carbocycles. The number of fused-ring (bicyclic) bond motifs is 1. The number of hydrogen-bond acceptors (Lipinski definition) is 2. The zero-order valence-electron chi connectivity index (χ0n) is 13.8. The molecule has 0 N–H and O–H groups in total. The highest BCUT2D eigenvalue weighted by Crippen LogP contribution is 2.32. The van der Waals surface area contributed by atoms with Crippen LogP contribution in [0, 0.1) is 0 Å². The summed E-state index contributed by atoms with van der Waals surface area (Å²) in [6, 6.07) is 16.0. The predicted molar refractivity (Wildman–Crippen MR) is 95.6 cm³/mol. The zero-order chi connectivity index (χ0) is 16.6. The number of aryl methyl sites for hydroxylation is 2. The van der Waals surface area contributed by atoms with E-state index in [1.807, 2.05) is 30.3 Å². The lowest BCUT2D eigenvalue weighted by Crippen LogP contribution is -2.29. The van der Waals surface area contributed by atoms with Crippen molar-refractivity contribution in [3.8, 4) is 0 Å². The fourth-order valence-electron chi connectivity index (χ4n) is 3.96. The molecule has 0 radical (unpaired) electrons. The molecule has 0 aromatic heterocycles. The second-order valence-corrected chi connectivity index (χ2v) is 8.83. The van der Waals surface area contributed by atoms with Crippen LogP contribution in [0.4, 0.5) is 0 Å². The molecule has 2 aliphatic rings. The van der Waals surface area contributed by atoms with Gasteiger partial charge in [0, 0.05) is 13.1 Å². The van der Waals surface area contributed by atoms with Gasteiger partial charge in [-0.15, -0.1) is 0 Å². The van der Waals surface area contributed by atoms with Crippen LogP contribution in [0.5, 0.6) is 0 Å². The van der Waals surface area contributed by atoms with E-state index in [1.54, 1.807) is 10.4 Å². The molecule has 0 amide bonds. The highest BCUT2D eigenvalue weighted by atomic mass is 32.2. The Balaban J connectivity index is 1.57. The first kappa shape index (κ1) is 15.9. The molecular formula is C20H23NO2S. The van der Waals surface area contributed by atoms with Gasteiger partial charge in [-0.05, 0) is 66.8 Å². The van der Waals surface area contributed by atoms with E-state index >= 15 is 0 Å². The van der Waals surface area contributed by atoms with Gasteiger partial charge in [0.15, 0.2) is 0 Å². The van der Waals surface area contributed by atoms with Crippen LogP contribution >= 0.6 is 0 Å². The molecule has 2 aromatic rings. The SMILES string of the molecule is O=S(=O)(c1ccc2c(c1)CCCC2)N1CCC(c2ccccc2)C1. The van der Waals surface area contributed by atoms with Gasteiger partial charge >= 0.3 is 0 Å². The van der Waals surface area contributed by atoms with Gasteiger partial charge in [-0.1, -0.05) is 36.4 Å². The van der Waals surface area contributed by atoms with E-state index < -0.39 is 10.0 Å². The number of sulfonamides is 1. The van der Waals surface area contributed by atoms with Crippen molar-refractivity contribution >= 4 is 10.0 Å². The van der Waals surface area contributed by atoms with Crippen LogP contribution in [-0.4, -0.2) is 25.8 Å². The normalized spacial score (nSPS) is 21.6. The average Bonchev–Trinajstić information content (AvgIpc) is 3.13. The van der Waals surface area contributed by atoms with Gasteiger partial charge in [-0.3, -0.25) is 0 Å². The quantitative estimate of drug-likeness (QED) is 0.853. The second-order valence-electron chi connectivity index (χ2n) is 6.90. The lowest BCUT2D eigenvalue weighted by Gasteiger charge is -2.20. The van der Waals surface area contributed by atoms with Crippen molar-refractivity contribution in [2.45, 2.75) is 42.9 Å². The molecule has 1 fully saturated rings. The molecule has 3 nitrogen and oxygen atoms in total. The van der Waals surface area contributed by atoms with Gasteiger partial charge in [0.1, 0.15) is 0 Å². The molecule has 1 heterocycles. The molecule has 4 heteroatoms. The predicted octanol–water partition coefficient (Wildman–Crippen LogP) is 3.74. The summed E-state index contributed by atoms with van der Waals surface area (Å²) in [6.07, 6.45) is 5.36. The summed E-state index contributed by atoms with van der Waals surface area (Å²) in [5.74, 6) is 0.304. The van der Waals surface area contributed by atoms with E-state index in [4.69, 9.17) is 0 Å². The van der Waals surface area contributed by atoms with Crippen molar-refractivity contribution in [2.24, 2.45) is 0 Å². The fraction of sp³-hybridized carbons (Fsp3) is 0.400. The summed E-state index contributed by atoms with van der Waals surface area (Å²) in [5, 5.41) is 0. The molecule has 24 heavy (non-hydrogen) atoms. The van der Waals surface area contributed by atoms with E-state index in [2.05, 4.69) is 12.1 Å². The lowest BCUT2D eigenvalue weighted by molar-refractivity contribution is 0.472. The summed E-state index contributed by atoms with van der Waals surface area (Å²) in [4.78, 5) is 0.469. The van der Waals surface area contributed by atoms with Crippen LogP contribution in [0.25, 0.3) is 0 Å². The number of hydrogen-bond donors (Lipinski definition) is 0. The maximum atomic E-state index is 13.0. The molecule has 2 aromatic carbocycles. The van der Waals surface area contributed by atoms with Gasteiger partial charge in [-0.25, -0.2) is 8.42 Å². The van der Waals surface area contributed by atoms with Crippen LogP contribution < -0.4 is 0 Å². The van der Waals surface area contributed by atoms with Crippen LogP contribution in [0.15, 0.2) is 53.4 Å². The summed E-state index contributed by atoms with van der Waals surface area (Å²) in [5.41, 5.74) is 3.78. The first-order chi connectivity index (χ1) is 11.6. The van der Waals surface area contributed by atoms with Crippen molar-refractivity contribution in [3.05, 3.63) is 65.2 Å². The number of nitrogens with zero attached hydrogens (tertiary/aromatic N) is 1. The van der Waals surface area contributed by atoms with Crippen molar-refractivity contribution in [2.75, 3.05) is 13.1 Å². The Morgan fingerprint density at radius 2 is 1.67 bits per heavy atom. The fourth-order valence-corrected chi connectivity index (χ4v) is 5.51. The standard InChI is InChI=1S/C20H23NO2S/c22-24(23,20-11-10-17-8-4-5-9-18(17)14-20)21-13-12-19(15-21)16-6-2-1-3-7-16/h1-3,6-7,10-11,14,19H,4-5,8-9,12-13,15H2. The smallest absolute Gasteiger partial charge is 0.207 e. The lowest BCUT2D eigenvalue weighted by atomic mass is 9.92. The molecule has 1 atom stereocenters. The third-order valence-electron chi connectivity index (χ3n) is 5.38. The monoisotopic (exact) mass is 341 g/mol. The van der Waals surface area contributed by atoms with Gasteiger partial charge in [0.2, 0.25) is 10.0 Å². The molecule has 4 rings (SSSR count). The Hall–Kier alpha value is -1.65. The third-order valence-corrected chi connectivity index (χ3v) is 7.24. The minimum Gasteiger partial charge on any atom is -0.207 e. The highest BCUT2D eigenvalue weighted by Gasteiger charge is 2.33. The average molecular weight is 341 g/mol. The van der Waals surface area contributed by atoms with E-state index in [1.165, 1.54) is 23.1 Å². The van der Waals surface area contributed by atoms with Crippen LogP contribution in [-0.2, 0) is 22.9 Å². The third kappa shape index (κ3) is 2.89. The molecule has 0 bridgehead atoms. The summed E-state index contributed by atoms with van der Waals surface area (Å²) in [6.45, 7) is 1.20.